The molecule has 1 aliphatic rings. The van der Waals surface area contributed by atoms with E-state index in [0.717, 1.165) is 23.7 Å². The molecule has 1 aromatic rings. The summed E-state index contributed by atoms with van der Waals surface area (Å²) in [5.41, 5.74) is 1.15. The van der Waals surface area contributed by atoms with Gasteiger partial charge in [0.2, 0.25) is 0 Å². The fourth-order valence-electron chi connectivity index (χ4n) is 1.70. The van der Waals surface area contributed by atoms with Gasteiger partial charge in [-0.25, -0.2) is 0 Å². The Kier molecular flexibility index (Phi) is 3.06. The summed E-state index contributed by atoms with van der Waals surface area (Å²) >= 11 is 5.92. The lowest BCUT2D eigenvalue weighted by atomic mass is 10.1. The minimum atomic E-state index is 0.137. The summed E-state index contributed by atoms with van der Waals surface area (Å²) in [5, 5.41) is 4.10. The van der Waals surface area contributed by atoms with E-state index in [1.165, 1.54) is 0 Å². The summed E-state index contributed by atoms with van der Waals surface area (Å²) in [4.78, 5) is 0. The van der Waals surface area contributed by atoms with Crippen LogP contribution >= 0.6 is 11.6 Å². The van der Waals surface area contributed by atoms with Crippen molar-refractivity contribution in [3.63, 3.8) is 0 Å². The van der Waals surface area contributed by atoms with Crippen molar-refractivity contribution in [2.45, 2.75) is 19.1 Å². The Bertz CT molecular complexity index is 316. The van der Waals surface area contributed by atoms with Gasteiger partial charge < -0.3 is 10.1 Å². The smallest absolute Gasteiger partial charge is 0.0954 e. The first kappa shape index (κ1) is 9.97. The van der Waals surface area contributed by atoms with E-state index in [4.69, 9.17) is 16.3 Å². The van der Waals surface area contributed by atoms with Crippen LogP contribution in [0.15, 0.2) is 24.3 Å². The van der Waals surface area contributed by atoms with Crippen molar-refractivity contribution in [3.8, 4) is 0 Å². The van der Waals surface area contributed by atoms with Gasteiger partial charge in [-0.05, 0) is 24.6 Å². The van der Waals surface area contributed by atoms with E-state index in [1.807, 2.05) is 18.2 Å². The van der Waals surface area contributed by atoms with E-state index < -0.39 is 0 Å². The Morgan fingerprint density at radius 2 is 2.29 bits per heavy atom. The zero-order valence-electron chi connectivity index (χ0n) is 8.16. The summed E-state index contributed by atoms with van der Waals surface area (Å²) in [5.74, 6) is 0. The summed E-state index contributed by atoms with van der Waals surface area (Å²) < 4.78 is 5.81. The van der Waals surface area contributed by atoms with Crippen LogP contribution in [0.3, 0.4) is 0 Å². The average molecular weight is 212 g/mol. The van der Waals surface area contributed by atoms with Crippen molar-refractivity contribution in [2.75, 3.05) is 13.1 Å². The summed E-state index contributed by atoms with van der Waals surface area (Å²) in [7, 11) is 0. The fourth-order valence-corrected chi connectivity index (χ4v) is 1.90. The molecule has 2 rings (SSSR count). The standard InChI is InChI=1S/C11H14ClNO/c1-8-6-13-7-11(14-8)9-3-2-4-10(12)5-9/h2-5,8,11,13H,6-7H2,1H3/t8-,11-/m0/s1. The Labute approximate surface area is 89.2 Å². The van der Waals surface area contributed by atoms with Gasteiger partial charge in [0.05, 0.1) is 12.2 Å². The van der Waals surface area contributed by atoms with Gasteiger partial charge in [-0.15, -0.1) is 0 Å². The molecule has 1 fully saturated rings. The van der Waals surface area contributed by atoms with E-state index in [1.54, 1.807) is 0 Å². The predicted octanol–water partition coefficient (Wildman–Crippen LogP) is 2.39. The number of halogens is 1. The Hall–Kier alpha value is -0.570. The van der Waals surface area contributed by atoms with Crippen molar-refractivity contribution in [2.24, 2.45) is 0 Å². The van der Waals surface area contributed by atoms with Crippen LogP contribution in [-0.4, -0.2) is 19.2 Å². The Balaban J connectivity index is 2.14. The van der Waals surface area contributed by atoms with E-state index in [-0.39, 0.29) is 12.2 Å². The predicted molar refractivity (Wildman–Crippen MR) is 57.6 cm³/mol. The molecule has 0 unspecified atom stereocenters. The number of hydrogen-bond donors (Lipinski definition) is 1. The van der Waals surface area contributed by atoms with Gasteiger partial charge >= 0.3 is 0 Å². The first-order valence-electron chi connectivity index (χ1n) is 4.87. The molecule has 1 heterocycles. The maximum absolute atomic E-state index is 5.92. The Morgan fingerprint density at radius 3 is 3.00 bits per heavy atom. The van der Waals surface area contributed by atoms with E-state index >= 15 is 0 Å². The largest absolute Gasteiger partial charge is 0.368 e. The molecule has 1 saturated heterocycles. The molecule has 3 heteroatoms. The van der Waals surface area contributed by atoms with Crippen LogP contribution < -0.4 is 5.32 Å². The lowest BCUT2D eigenvalue weighted by Crippen LogP contribution is -2.38. The highest BCUT2D eigenvalue weighted by molar-refractivity contribution is 6.30. The van der Waals surface area contributed by atoms with Crippen LogP contribution in [0.4, 0.5) is 0 Å². The second-order valence-corrected chi connectivity index (χ2v) is 4.09. The van der Waals surface area contributed by atoms with Crippen molar-refractivity contribution < 1.29 is 4.74 Å². The van der Waals surface area contributed by atoms with Crippen molar-refractivity contribution in [1.82, 2.24) is 5.32 Å². The maximum atomic E-state index is 5.92. The zero-order valence-corrected chi connectivity index (χ0v) is 8.92. The number of rotatable bonds is 1. The number of benzene rings is 1. The lowest BCUT2D eigenvalue weighted by molar-refractivity contribution is -0.0287. The fraction of sp³-hybridized carbons (Fsp3) is 0.455. The third-order valence-electron chi connectivity index (χ3n) is 2.38. The SMILES string of the molecule is C[C@H]1CNC[C@@H](c2cccc(Cl)c2)O1. The quantitative estimate of drug-likeness (QED) is 0.770. The van der Waals surface area contributed by atoms with Gasteiger partial charge in [-0.3, -0.25) is 0 Å². The van der Waals surface area contributed by atoms with Gasteiger partial charge in [0.1, 0.15) is 0 Å². The van der Waals surface area contributed by atoms with Gasteiger partial charge in [0.25, 0.3) is 0 Å². The molecule has 0 saturated carbocycles. The normalized spacial score (nSPS) is 27.6. The second kappa shape index (κ2) is 4.30. The van der Waals surface area contributed by atoms with Crippen LogP contribution in [0, 0.1) is 0 Å². The third kappa shape index (κ3) is 2.27. The van der Waals surface area contributed by atoms with Crippen LogP contribution in [0.2, 0.25) is 5.02 Å². The minimum absolute atomic E-state index is 0.137. The molecule has 1 N–H and O–H groups in total. The number of nitrogens with one attached hydrogen (secondary N) is 1. The van der Waals surface area contributed by atoms with Gasteiger partial charge in [-0.2, -0.15) is 0 Å². The van der Waals surface area contributed by atoms with Gasteiger partial charge in [0.15, 0.2) is 0 Å². The molecule has 1 aliphatic heterocycles. The summed E-state index contributed by atoms with van der Waals surface area (Å²) in [6, 6.07) is 7.85. The molecular formula is C11H14ClNO. The van der Waals surface area contributed by atoms with Gasteiger partial charge in [-0.1, -0.05) is 23.7 Å². The second-order valence-electron chi connectivity index (χ2n) is 3.65. The van der Waals surface area contributed by atoms with Crippen LogP contribution in [0.1, 0.15) is 18.6 Å². The minimum Gasteiger partial charge on any atom is -0.368 e. The van der Waals surface area contributed by atoms with Crippen molar-refractivity contribution >= 4 is 11.6 Å². The topological polar surface area (TPSA) is 21.3 Å². The molecule has 76 valence electrons. The molecule has 0 aliphatic carbocycles. The van der Waals surface area contributed by atoms with Crippen LogP contribution in [0.5, 0.6) is 0 Å². The molecule has 0 radical (unpaired) electrons. The highest BCUT2D eigenvalue weighted by atomic mass is 35.5. The number of ether oxygens (including phenoxy) is 1. The third-order valence-corrected chi connectivity index (χ3v) is 2.61. The van der Waals surface area contributed by atoms with E-state index in [0.29, 0.717) is 0 Å². The maximum Gasteiger partial charge on any atom is 0.0954 e. The molecule has 0 aromatic heterocycles. The molecule has 1 aromatic carbocycles. The average Bonchev–Trinajstić information content (AvgIpc) is 2.18. The van der Waals surface area contributed by atoms with Gasteiger partial charge in [0, 0.05) is 18.1 Å². The van der Waals surface area contributed by atoms with E-state index in [9.17, 15) is 0 Å². The first-order valence-corrected chi connectivity index (χ1v) is 5.25. The monoisotopic (exact) mass is 211 g/mol. The molecule has 0 spiro atoms. The van der Waals surface area contributed by atoms with Crippen molar-refractivity contribution in [3.05, 3.63) is 34.9 Å². The molecule has 14 heavy (non-hydrogen) atoms. The summed E-state index contributed by atoms with van der Waals surface area (Å²) in [6.07, 6.45) is 0.408. The highest BCUT2D eigenvalue weighted by Gasteiger charge is 2.20. The highest BCUT2D eigenvalue weighted by Crippen LogP contribution is 2.23. The lowest BCUT2D eigenvalue weighted by Gasteiger charge is -2.29. The number of morpholine rings is 1. The summed E-state index contributed by atoms with van der Waals surface area (Å²) in [6.45, 7) is 3.87. The Morgan fingerprint density at radius 1 is 1.43 bits per heavy atom. The molecule has 2 atom stereocenters. The van der Waals surface area contributed by atoms with Crippen LogP contribution in [-0.2, 0) is 4.74 Å². The number of hydrogen-bond acceptors (Lipinski definition) is 2. The van der Waals surface area contributed by atoms with Crippen LogP contribution in [0.25, 0.3) is 0 Å². The molecule has 0 bridgehead atoms. The zero-order chi connectivity index (χ0) is 9.97. The molecule has 2 nitrogen and oxygen atoms in total. The first-order chi connectivity index (χ1) is 6.75. The van der Waals surface area contributed by atoms with Crippen molar-refractivity contribution in [1.29, 1.82) is 0 Å². The molecule has 0 amide bonds. The van der Waals surface area contributed by atoms with E-state index in [2.05, 4.69) is 18.3 Å². The molecular weight excluding hydrogens is 198 g/mol.